The van der Waals surface area contributed by atoms with E-state index in [-0.39, 0.29) is 0 Å². The van der Waals surface area contributed by atoms with Gasteiger partial charge in [-0.2, -0.15) is 4.98 Å². The van der Waals surface area contributed by atoms with Crippen molar-refractivity contribution in [2.24, 2.45) is 0 Å². The minimum absolute atomic E-state index is 0.674. The second-order valence-electron chi connectivity index (χ2n) is 3.93. The zero-order valence-corrected chi connectivity index (χ0v) is 13.0. The summed E-state index contributed by atoms with van der Waals surface area (Å²) in [5, 5.41) is 4.20. The van der Waals surface area contributed by atoms with Gasteiger partial charge in [-0.25, -0.2) is 0 Å². The molecular weight excluding hydrogens is 270 g/mol. The van der Waals surface area contributed by atoms with Crippen LogP contribution >= 0.6 is 11.3 Å². The summed E-state index contributed by atoms with van der Waals surface area (Å²) >= 11 is 1.61. The molecule has 0 aliphatic rings. The molecule has 104 valence electrons. The predicted molar refractivity (Wildman–Crippen MR) is 78.3 cm³/mol. The maximum absolute atomic E-state index is 11.3. The van der Waals surface area contributed by atoms with Gasteiger partial charge < -0.3 is 15.0 Å². The highest BCUT2D eigenvalue weighted by atomic mass is 32.2. The molecule has 1 aromatic rings. The van der Waals surface area contributed by atoms with Gasteiger partial charge in [0.2, 0.25) is 5.88 Å². The highest BCUT2D eigenvalue weighted by Gasteiger charge is 2.12. The highest BCUT2D eigenvalue weighted by molar-refractivity contribution is 7.84. The zero-order chi connectivity index (χ0) is 13.5. The third kappa shape index (κ3) is 4.55. The van der Waals surface area contributed by atoms with E-state index in [0.717, 1.165) is 22.3 Å². The standard InChI is InChI=1S/C11H21N3O2S2/c1-5-18(15)7-6-12-8-9-10(16-4)13-11(17-9)14(2)3/h12H,5-8H2,1-4H3. The molecule has 1 aromatic heterocycles. The Morgan fingerprint density at radius 3 is 2.78 bits per heavy atom. The number of rotatable bonds is 8. The van der Waals surface area contributed by atoms with Crippen LogP contribution in [0.5, 0.6) is 5.88 Å². The minimum atomic E-state index is -0.708. The Morgan fingerprint density at radius 2 is 2.22 bits per heavy atom. The summed E-state index contributed by atoms with van der Waals surface area (Å²) in [6.07, 6.45) is 0. The molecule has 0 aromatic carbocycles. The normalized spacial score (nSPS) is 12.4. The van der Waals surface area contributed by atoms with Crippen LogP contribution < -0.4 is 15.0 Å². The van der Waals surface area contributed by atoms with Crippen LogP contribution in [0.4, 0.5) is 5.13 Å². The molecule has 7 heteroatoms. The van der Waals surface area contributed by atoms with Crippen molar-refractivity contribution in [3.63, 3.8) is 0 Å². The molecule has 0 bridgehead atoms. The molecule has 0 amide bonds. The lowest BCUT2D eigenvalue weighted by Gasteiger charge is -2.05. The summed E-state index contributed by atoms with van der Waals surface area (Å²) in [4.78, 5) is 7.41. The molecule has 0 fully saturated rings. The van der Waals surface area contributed by atoms with Crippen LogP contribution in [0, 0.1) is 0 Å². The number of aromatic nitrogens is 1. The molecule has 1 rings (SSSR count). The molecule has 5 nitrogen and oxygen atoms in total. The maximum Gasteiger partial charge on any atom is 0.230 e. The Morgan fingerprint density at radius 1 is 1.50 bits per heavy atom. The van der Waals surface area contributed by atoms with E-state index in [2.05, 4.69) is 10.3 Å². The third-order valence-electron chi connectivity index (χ3n) is 2.34. The molecule has 1 heterocycles. The molecule has 0 radical (unpaired) electrons. The highest BCUT2D eigenvalue weighted by Crippen LogP contribution is 2.29. The smallest absolute Gasteiger partial charge is 0.230 e. The molecule has 1 unspecified atom stereocenters. The molecule has 1 N–H and O–H groups in total. The van der Waals surface area contributed by atoms with Crippen molar-refractivity contribution < 1.29 is 8.95 Å². The van der Waals surface area contributed by atoms with Gasteiger partial charge in [0.15, 0.2) is 5.13 Å². The van der Waals surface area contributed by atoms with Gasteiger partial charge in [-0.05, 0) is 0 Å². The quantitative estimate of drug-likeness (QED) is 0.726. The van der Waals surface area contributed by atoms with Crippen molar-refractivity contribution in [2.75, 3.05) is 44.2 Å². The van der Waals surface area contributed by atoms with Crippen LogP contribution in [-0.2, 0) is 17.3 Å². The summed E-state index contributed by atoms with van der Waals surface area (Å²) in [5.41, 5.74) is 0. The van der Waals surface area contributed by atoms with Gasteiger partial charge in [0.25, 0.3) is 0 Å². The van der Waals surface area contributed by atoms with E-state index in [4.69, 9.17) is 4.74 Å². The number of thiazole rings is 1. The van der Waals surface area contributed by atoms with E-state index in [1.165, 1.54) is 0 Å². The SMILES string of the molecule is CCS(=O)CCNCc1sc(N(C)C)nc1OC. The fourth-order valence-corrected chi connectivity index (χ4v) is 2.90. The van der Waals surface area contributed by atoms with Crippen molar-refractivity contribution >= 4 is 27.3 Å². The first-order chi connectivity index (χ1) is 8.58. The van der Waals surface area contributed by atoms with Crippen LogP contribution in [-0.4, -0.2) is 48.4 Å². The summed E-state index contributed by atoms with van der Waals surface area (Å²) in [5.74, 6) is 2.09. The third-order valence-corrected chi connectivity index (χ3v) is 4.85. The van der Waals surface area contributed by atoms with Crippen LogP contribution in [0.3, 0.4) is 0 Å². The summed E-state index contributed by atoms with van der Waals surface area (Å²) in [6, 6.07) is 0. The van der Waals surface area contributed by atoms with Crippen molar-refractivity contribution in [2.45, 2.75) is 13.5 Å². The van der Waals surface area contributed by atoms with Gasteiger partial charge in [0.05, 0.1) is 12.0 Å². The fraction of sp³-hybridized carbons (Fsp3) is 0.727. The van der Waals surface area contributed by atoms with Gasteiger partial charge >= 0.3 is 0 Å². The number of nitrogens with one attached hydrogen (secondary N) is 1. The van der Waals surface area contributed by atoms with E-state index in [0.29, 0.717) is 18.2 Å². The second-order valence-corrected chi connectivity index (χ2v) is 6.86. The average Bonchev–Trinajstić information content (AvgIpc) is 2.77. The maximum atomic E-state index is 11.3. The number of hydrogen-bond donors (Lipinski definition) is 1. The lowest BCUT2D eigenvalue weighted by atomic mass is 10.5. The zero-order valence-electron chi connectivity index (χ0n) is 11.4. The molecule has 0 aliphatic carbocycles. The van der Waals surface area contributed by atoms with E-state index in [1.54, 1.807) is 18.4 Å². The first-order valence-corrected chi connectivity index (χ1v) is 8.15. The topological polar surface area (TPSA) is 54.5 Å². The van der Waals surface area contributed by atoms with Crippen LogP contribution in [0.15, 0.2) is 0 Å². The van der Waals surface area contributed by atoms with Gasteiger partial charge in [-0.15, -0.1) is 0 Å². The van der Waals surface area contributed by atoms with Crippen molar-refractivity contribution in [1.82, 2.24) is 10.3 Å². The van der Waals surface area contributed by atoms with Gasteiger partial charge in [-0.3, -0.25) is 4.21 Å². The summed E-state index contributed by atoms with van der Waals surface area (Å²) < 4.78 is 16.5. The lowest BCUT2D eigenvalue weighted by Crippen LogP contribution is -2.20. The largest absolute Gasteiger partial charge is 0.480 e. The molecular formula is C11H21N3O2S2. The van der Waals surface area contributed by atoms with E-state index >= 15 is 0 Å². The van der Waals surface area contributed by atoms with E-state index in [9.17, 15) is 4.21 Å². The number of anilines is 1. The molecule has 1 atom stereocenters. The van der Waals surface area contributed by atoms with E-state index in [1.807, 2.05) is 25.9 Å². The number of nitrogens with zero attached hydrogens (tertiary/aromatic N) is 2. The van der Waals surface area contributed by atoms with Gasteiger partial charge in [0.1, 0.15) is 0 Å². The molecule has 0 aliphatic heterocycles. The number of methoxy groups -OCH3 is 1. The minimum Gasteiger partial charge on any atom is -0.480 e. The summed E-state index contributed by atoms with van der Waals surface area (Å²) in [7, 11) is 4.84. The Kier molecular flexibility index (Phi) is 6.59. The fourth-order valence-electron chi connectivity index (χ4n) is 1.32. The van der Waals surface area contributed by atoms with Crippen LogP contribution in [0.1, 0.15) is 11.8 Å². The predicted octanol–water partition coefficient (Wildman–Crippen LogP) is 1.08. The molecule has 0 saturated carbocycles. The molecule has 18 heavy (non-hydrogen) atoms. The van der Waals surface area contributed by atoms with Gasteiger partial charge in [-0.1, -0.05) is 18.3 Å². The second kappa shape index (κ2) is 7.70. The Labute approximate surface area is 115 Å². The Hall–Kier alpha value is -0.660. The Balaban J connectivity index is 2.48. The summed E-state index contributed by atoms with van der Waals surface area (Å²) in [6.45, 7) is 3.39. The first-order valence-electron chi connectivity index (χ1n) is 5.85. The first kappa shape index (κ1) is 15.4. The van der Waals surface area contributed by atoms with Crippen LogP contribution in [0.2, 0.25) is 0 Å². The lowest BCUT2D eigenvalue weighted by molar-refractivity contribution is 0.395. The molecule has 0 saturated heterocycles. The van der Waals surface area contributed by atoms with Crippen molar-refractivity contribution in [1.29, 1.82) is 0 Å². The van der Waals surface area contributed by atoms with Crippen molar-refractivity contribution in [3.05, 3.63) is 4.88 Å². The van der Waals surface area contributed by atoms with Crippen LogP contribution in [0.25, 0.3) is 0 Å². The number of ether oxygens (including phenoxy) is 1. The monoisotopic (exact) mass is 291 g/mol. The average molecular weight is 291 g/mol. The van der Waals surface area contributed by atoms with Crippen molar-refractivity contribution in [3.8, 4) is 5.88 Å². The Bertz CT molecular complexity index is 394. The van der Waals surface area contributed by atoms with E-state index < -0.39 is 10.8 Å². The van der Waals surface area contributed by atoms with Gasteiger partial charge in [0, 0.05) is 49.5 Å². The molecule has 0 spiro atoms. The number of hydrogen-bond acceptors (Lipinski definition) is 6.